The second kappa shape index (κ2) is 8.10. The third kappa shape index (κ3) is 6.69. The van der Waals surface area contributed by atoms with Crippen LogP contribution < -0.4 is 10.6 Å². The maximum absolute atomic E-state index is 11.8. The molecule has 1 fully saturated rings. The Bertz CT molecular complexity index is 357. The van der Waals surface area contributed by atoms with Gasteiger partial charge in [0.1, 0.15) is 5.60 Å². The summed E-state index contributed by atoms with van der Waals surface area (Å²) in [6.45, 7) is 12.8. The highest BCUT2D eigenvalue weighted by atomic mass is 16.6. The van der Waals surface area contributed by atoms with Crippen LogP contribution in [0.5, 0.6) is 0 Å². The van der Waals surface area contributed by atoms with Gasteiger partial charge in [-0.2, -0.15) is 0 Å². The van der Waals surface area contributed by atoms with E-state index < -0.39 is 5.60 Å². The van der Waals surface area contributed by atoms with Gasteiger partial charge >= 0.3 is 6.09 Å². The Balaban J connectivity index is 2.34. The second-order valence-electron chi connectivity index (χ2n) is 6.34. The molecular weight excluding hydrogens is 268 g/mol. The van der Waals surface area contributed by atoms with Crippen LogP contribution in [0.15, 0.2) is 4.99 Å². The smallest absolute Gasteiger partial charge is 0.410 e. The number of aliphatic imine (C=N–C) groups is 1. The Labute approximate surface area is 128 Å². The van der Waals surface area contributed by atoms with Crippen molar-refractivity contribution in [1.82, 2.24) is 15.5 Å². The largest absolute Gasteiger partial charge is 0.444 e. The molecule has 1 rings (SSSR count). The third-order valence-corrected chi connectivity index (χ3v) is 3.00. The number of unbranched alkanes of at least 4 members (excludes halogenated alkanes) is 1. The maximum Gasteiger partial charge on any atom is 0.410 e. The van der Waals surface area contributed by atoms with Crippen molar-refractivity contribution in [3.05, 3.63) is 0 Å². The van der Waals surface area contributed by atoms with Crippen LogP contribution in [0.1, 0.15) is 47.5 Å². The minimum absolute atomic E-state index is 0.242. The Hall–Kier alpha value is -1.46. The van der Waals surface area contributed by atoms with Crippen LogP contribution in [0.25, 0.3) is 0 Å². The van der Waals surface area contributed by atoms with Crippen molar-refractivity contribution in [1.29, 1.82) is 0 Å². The van der Waals surface area contributed by atoms with Crippen molar-refractivity contribution in [2.45, 2.75) is 59.1 Å². The molecule has 1 aliphatic rings. The van der Waals surface area contributed by atoms with Gasteiger partial charge in [0.2, 0.25) is 0 Å². The van der Waals surface area contributed by atoms with E-state index in [1.54, 1.807) is 4.90 Å². The summed E-state index contributed by atoms with van der Waals surface area (Å²) in [5.41, 5.74) is -0.438. The van der Waals surface area contributed by atoms with E-state index in [0.717, 1.165) is 31.9 Å². The zero-order valence-electron chi connectivity index (χ0n) is 14.0. The quantitative estimate of drug-likeness (QED) is 0.462. The van der Waals surface area contributed by atoms with E-state index >= 15 is 0 Å². The number of carbonyl (C=O) groups is 1. The molecule has 1 heterocycles. The topological polar surface area (TPSA) is 66.0 Å². The first-order chi connectivity index (χ1) is 9.85. The minimum Gasteiger partial charge on any atom is -0.444 e. The highest BCUT2D eigenvalue weighted by Gasteiger charge is 2.34. The van der Waals surface area contributed by atoms with Crippen molar-refractivity contribution < 1.29 is 9.53 Å². The van der Waals surface area contributed by atoms with Gasteiger partial charge in [-0.1, -0.05) is 13.3 Å². The van der Waals surface area contributed by atoms with E-state index in [2.05, 4.69) is 22.5 Å². The fraction of sp³-hybridized carbons (Fsp3) is 0.867. The van der Waals surface area contributed by atoms with Gasteiger partial charge in [0.25, 0.3) is 0 Å². The molecule has 1 aliphatic heterocycles. The summed E-state index contributed by atoms with van der Waals surface area (Å²) in [5, 5.41) is 6.58. The summed E-state index contributed by atoms with van der Waals surface area (Å²) in [6.07, 6.45) is 1.98. The van der Waals surface area contributed by atoms with Gasteiger partial charge in [0, 0.05) is 26.2 Å². The molecule has 2 N–H and O–H groups in total. The summed E-state index contributed by atoms with van der Waals surface area (Å²) in [5.74, 6) is 0.833. The molecular formula is C15H30N4O2. The van der Waals surface area contributed by atoms with E-state index in [1.165, 1.54) is 0 Å². The van der Waals surface area contributed by atoms with Crippen molar-refractivity contribution >= 4 is 12.1 Å². The van der Waals surface area contributed by atoms with Crippen molar-refractivity contribution in [3.63, 3.8) is 0 Å². The SMILES string of the molecule is CCCCN=C(NCC)NC1CN(C(=O)OC(C)(C)C)C1. The van der Waals surface area contributed by atoms with Crippen LogP contribution in [0.4, 0.5) is 4.79 Å². The standard InChI is InChI=1S/C15H30N4O2/c1-6-8-9-17-13(16-7-2)18-12-10-19(11-12)14(20)21-15(3,4)5/h12H,6-11H2,1-5H3,(H2,16,17,18). The Morgan fingerprint density at radius 3 is 2.52 bits per heavy atom. The van der Waals surface area contributed by atoms with Crippen molar-refractivity contribution in [2.75, 3.05) is 26.2 Å². The molecule has 0 spiro atoms. The summed E-state index contributed by atoms with van der Waals surface area (Å²) in [6, 6.07) is 0.247. The average molecular weight is 298 g/mol. The van der Waals surface area contributed by atoms with E-state index in [9.17, 15) is 4.79 Å². The number of likely N-dealkylation sites (tertiary alicyclic amines) is 1. The van der Waals surface area contributed by atoms with Gasteiger partial charge in [-0.25, -0.2) is 4.79 Å². The molecule has 0 aromatic heterocycles. The van der Waals surface area contributed by atoms with Gasteiger partial charge in [0.15, 0.2) is 5.96 Å². The number of guanidine groups is 1. The van der Waals surface area contributed by atoms with Gasteiger partial charge in [-0.05, 0) is 34.1 Å². The lowest BCUT2D eigenvalue weighted by Gasteiger charge is -2.40. The number of nitrogens with one attached hydrogen (secondary N) is 2. The van der Waals surface area contributed by atoms with Crippen LogP contribution in [0.3, 0.4) is 0 Å². The van der Waals surface area contributed by atoms with Crippen molar-refractivity contribution in [2.24, 2.45) is 4.99 Å². The van der Waals surface area contributed by atoms with Gasteiger partial charge < -0.3 is 20.3 Å². The molecule has 0 aliphatic carbocycles. The Morgan fingerprint density at radius 2 is 2.00 bits per heavy atom. The van der Waals surface area contributed by atoms with Crippen molar-refractivity contribution in [3.8, 4) is 0 Å². The van der Waals surface area contributed by atoms with E-state index in [-0.39, 0.29) is 12.1 Å². The zero-order valence-corrected chi connectivity index (χ0v) is 14.0. The number of hydrogen-bond acceptors (Lipinski definition) is 3. The molecule has 0 atom stereocenters. The highest BCUT2D eigenvalue weighted by Crippen LogP contribution is 2.15. The molecule has 21 heavy (non-hydrogen) atoms. The fourth-order valence-corrected chi connectivity index (χ4v) is 1.91. The molecule has 1 saturated heterocycles. The lowest BCUT2D eigenvalue weighted by Crippen LogP contribution is -2.63. The summed E-state index contributed by atoms with van der Waals surface area (Å²) < 4.78 is 5.34. The van der Waals surface area contributed by atoms with E-state index in [0.29, 0.717) is 13.1 Å². The molecule has 6 heteroatoms. The average Bonchev–Trinajstić information content (AvgIpc) is 2.30. The molecule has 6 nitrogen and oxygen atoms in total. The van der Waals surface area contributed by atoms with Crippen LogP contribution in [-0.4, -0.2) is 54.8 Å². The maximum atomic E-state index is 11.8. The number of amides is 1. The summed E-state index contributed by atoms with van der Waals surface area (Å²) in [4.78, 5) is 18.1. The van der Waals surface area contributed by atoms with Gasteiger partial charge in [0.05, 0.1) is 6.04 Å². The first kappa shape index (κ1) is 17.6. The van der Waals surface area contributed by atoms with Crippen LogP contribution in [-0.2, 0) is 4.74 Å². The molecule has 1 amide bonds. The van der Waals surface area contributed by atoms with Crippen LogP contribution in [0.2, 0.25) is 0 Å². The molecule has 0 bridgehead atoms. The van der Waals surface area contributed by atoms with E-state index in [1.807, 2.05) is 27.7 Å². The highest BCUT2D eigenvalue weighted by molar-refractivity contribution is 5.80. The normalized spacial score (nSPS) is 16.4. The monoisotopic (exact) mass is 298 g/mol. The first-order valence-electron chi connectivity index (χ1n) is 7.88. The van der Waals surface area contributed by atoms with Crippen LogP contribution in [0, 0.1) is 0 Å². The lowest BCUT2D eigenvalue weighted by atomic mass is 10.1. The summed E-state index contributed by atoms with van der Waals surface area (Å²) >= 11 is 0. The lowest BCUT2D eigenvalue weighted by molar-refractivity contribution is 0.00701. The molecule has 122 valence electrons. The number of rotatable bonds is 5. The predicted molar refractivity (Wildman–Crippen MR) is 85.6 cm³/mol. The molecule has 0 radical (unpaired) electrons. The minimum atomic E-state index is -0.438. The number of nitrogens with zero attached hydrogens (tertiary/aromatic N) is 2. The number of hydrogen-bond donors (Lipinski definition) is 2. The number of ether oxygens (including phenoxy) is 1. The van der Waals surface area contributed by atoms with Gasteiger partial charge in [-0.3, -0.25) is 4.99 Å². The molecule has 0 aromatic rings. The fourth-order valence-electron chi connectivity index (χ4n) is 1.91. The summed E-state index contributed by atoms with van der Waals surface area (Å²) in [7, 11) is 0. The molecule has 0 unspecified atom stereocenters. The first-order valence-corrected chi connectivity index (χ1v) is 7.88. The molecule has 0 aromatic carbocycles. The second-order valence-corrected chi connectivity index (χ2v) is 6.34. The zero-order chi connectivity index (χ0) is 15.9. The third-order valence-electron chi connectivity index (χ3n) is 3.00. The van der Waals surface area contributed by atoms with Crippen LogP contribution >= 0.6 is 0 Å². The molecule has 0 saturated carbocycles. The predicted octanol–water partition coefficient (Wildman–Crippen LogP) is 1.96. The number of carbonyl (C=O) groups excluding carboxylic acids is 1. The Kier molecular flexibility index (Phi) is 6.78. The van der Waals surface area contributed by atoms with E-state index in [4.69, 9.17) is 4.74 Å². The van der Waals surface area contributed by atoms with Gasteiger partial charge in [-0.15, -0.1) is 0 Å². The Morgan fingerprint density at radius 1 is 1.33 bits per heavy atom.